The summed E-state index contributed by atoms with van der Waals surface area (Å²) in [4.78, 5) is 0. The minimum absolute atomic E-state index is 0.253. The van der Waals surface area contributed by atoms with E-state index in [9.17, 15) is 0 Å². The van der Waals surface area contributed by atoms with Gasteiger partial charge < -0.3 is 15.0 Å². The molecule has 0 saturated heterocycles. The third kappa shape index (κ3) is 4.58. The molecule has 1 unspecified atom stereocenters. The second-order valence-electron chi connectivity index (χ2n) is 5.74. The first-order valence-corrected chi connectivity index (χ1v) is 8.15. The van der Waals surface area contributed by atoms with Gasteiger partial charge in [0.05, 0.1) is 6.61 Å². The number of unbranched alkanes of at least 4 members (excludes halogenated alkanes) is 1. The third-order valence-electron chi connectivity index (χ3n) is 3.98. The highest BCUT2D eigenvalue weighted by Crippen LogP contribution is 2.19. The number of aromatic nitrogens is 1. The predicted molar refractivity (Wildman–Crippen MR) is 89.6 cm³/mol. The summed E-state index contributed by atoms with van der Waals surface area (Å²) in [5.74, 6) is 0. The predicted octanol–water partition coefficient (Wildman–Crippen LogP) is 3.74. The minimum atomic E-state index is 0.253. The van der Waals surface area contributed by atoms with Crippen molar-refractivity contribution in [2.45, 2.75) is 52.1 Å². The topological polar surface area (TPSA) is 40.2 Å². The van der Waals surface area contributed by atoms with E-state index in [0.29, 0.717) is 0 Å². The van der Waals surface area contributed by atoms with Crippen molar-refractivity contribution in [1.82, 2.24) is 4.57 Å². The summed E-state index contributed by atoms with van der Waals surface area (Å²) in [7, 11) is 0. The Morgan fingerprint density at radius 3 is 2.81 bits per heavy atom. The van der Waals surface area contributed by atoms with Gasteiger partial charge in [0.25, 0.3) is 0 Å². The molecular weight excluding hydrogens is 260 g/mol. The largest absolute Gasteiger partial charge is 0.380 e. The molecule has 2 N–H and O–H groups in total. The zero-order valence-corrected chi connectivity index (χ0v) is 13.3. The number of nitrogens with zero attached hydrogens (tertiary/aromatic N) is 1. The van der Waals surface area contributed by atoms with Crippen LogP contribution in [0.5, 0.6) is 0 Å². The highest BCUT2D eigenvalue weighted by molar-refractivity contribution is 5.80. The molecule has 3 nitrogen and oxygen atoms in total. The van der Waals surface area contributed by atoms with E-state index in [2.05, 4.69) is 48.9 Å². The Hall–Kier alpha value is -1.32. The van der Waals surface area contributed by atoms with Crippen molar-refractivity contribution in [3.63, 3.8) is 0 Å². The van der Waals surface area contributed by atoms with Gasteiger partial charge in [-0.15, -0.1) is 0 Å². The van der Waals surface area contributed by atoms with Crippen molar-refractivity contribution < 1.29 is 4.74 Å². The molecule has 0 fully saturated rings. The quantitative estimate of drug-likeness (QED) is 0.714. The van der Waals surface area contributed by atoms with Crippen molar-refractivity contribution >= 4 is 10.9 Å². The Kier molecular flexibility index (Phi) is 6.27. The van der Waals surface area contributed by atoms with E-state index in [1.807, 2.05) is 0 Å². The molecule has 0 spiro atoms. The van der Waals surface area contributed by atoms with Crippen LogP contribution in [0, 0.1) is 0 Å². The molecule has 0 aliphatic carbocycles. The SMILES string of the molecule is CCCCOCCn1ccc2ccc(CC(N)CC)cc21. The summed E-state index contributed by atoms with van der Waals surface area (Å²) in [5.41, 5.74) is 8.67. The number of ether oxygens (including phenoxy) is 1. The van der Waals surface area contributed by atoms with Gasteiger partial charge in [-0.25, -0.2) is 0 Å². The number of hydrogen-bond donors (Lipinski definition) is 1. The van der Waals surface area contributed by atoms with E-state index >= 15 is 0 Å². The molecule has 1 aromatic carbocycles. The normalized spacial score (nSPS) is 12.9. The van der Waals surface area contributed by atoms with Crippen LogP contribution >= 0.6 is 0 Å². The molecule has 1 atom stereocenters. The summed E-state index contributed by atoms with van der Waals surface area (Å²) in [6.45, 7) is 6.89. The van der Waals surface area contributed by atoms with E-state index in [0.717, 1.165) is 39.0 Å². The Bertz CT molecular complexity index is 547. The highest BCUT2D eigenvalue weighted by atomic mass is 16.5. The van der Waals surface area contributed by atoms with Crippen molar-refractivity contribution in [2.24, 2.45) is 5.73 Å². The average molecular weight is 288 g/mol. The van der Waals surface area contributed by atoms with E-state index in [-0.39, 0.29) is 6.04 Å². The van der Waals surface area contributed by atoms with Crippen LogP contribution in [-0.2, 0) is 17.7 Å². The lowest BCUT2D eigenvalue weighted by Gasteiger charge is -2.10. The van der Waals surface area contributed by atoms with Gasteiger partial charge in [-0.2, -0.15) is 0 Å². The molecule has 2 aromatic rings. The number of fused-ring (bicyclic) bond motifs is 1. The van der Waals surface area contributed by atoms with Gasteiger partial charge in [-0.3, -0.25) is 0 Å². The molecule has 1 heterocycles. The lowest BCUT2D eigenvalue weighted by Crippen LogP contribution is -2.21. The van der Waals surface area contributed by atoms with E-state index in [4.69, 9.17) is 10.5 Å². The van der Waals surface area contributed by atoms with Gasteiger partial charge in [0, 0.05) is 30.9 Å². The number of benzene rings is 1. The van der Waals surface area contributed by atoms with Crippen molar-refractivity contribution in [3.8, 4) is 0 Å². The first-order valence-electron chi connectivity index (χ1n) is 8.15. The zero-order chi connectivity index (χ0) is 15.1. The maximum Gasteiger partial charge on any atom is 0.0645 e. The van der Waals surface area contributed by atoms with E-state index < -0.39 is 0 Å². The summed E-state index contributed by atoms with van der Waals surface area (Å²) in [6, 6.07) is 9.09. The van der Waals surface area contributed by atoms with Gasteiger partial charge >= 0.3 is 0 Å². The second kappa shape index (κ2) is 8.20. The summed E-state index contributed by atoms with van der Waals surface area (Å²) < 4.78 is 7.95. The summed E-state index contributed by atoms with van der Waals surface area (Å²) in [5, 5.41) is 1.29. The van der Waals surface area contributed by atoms with Crippen LogP contribution < -0.4 is 5.73 Å². The molecule has 0 saturated carbocycles. The molecule has 0 aliphatic rings. The van der Waals surface area contributed by atoms with Gasteiger partial charge in [0.1, 0.15) is 0 Å². The van der Waals surface area contributed by atoms with Crippen LogP contribution in [0.3, 0.4) is 0 Å². The highest BCUT2D eigenvalue weighted by Gasteiger charge is 2.05. The third-order valence-corrected chi connectivity index (χ3v) is 3.98. The van der Waals surface area contributed by atoms with Crippen molar-refractivity contribution in [2.75, 3.05) is 13.2 Å². The van der Waals surface area contributed by atoms with Crippen LogP contribution in [0.25, 0.3) is 10.9 Å². The molecule has 0 radical (unpaired) electrons. The Labute approximate surface area is 128 Å². The van der Waals surface area contributed by atoms with Crippen molar-refractivity contribution in [1.29, 1.82) is 0 Å². The van der Waals surface area contributed by atoms with Crippen LogP contribution in [0.2, 0.25) is 0 Å². The van der Waals surface area contributed by atoms with Crippen LogP contribution in [0.4, 0.5) is 0 Å². The smallest absolute Gasteiger partial charge is 0.0645 e. The Morgan fingerprint density at radius 2 is 2.05 bits per heavy atom. The maximum absolute atomic E-state index is 6.06. The molecule has 1 aromatic heterocycles. The van der Waals surface area contributed by atoms with Crippen molar-refractivity contribution in [3.05, 3.63) is 36.0 Å². The fraction of sp³-hybridized carbons (Fsp3) is 0.556. The maximum atomic E-state index is 6.06. The first kappa shape index (κ1) is 16.1. The first-order chi connectivity index (χ1) is 10.2. The van der Waals surface area contributed by atoms with E-state index in [1.54, 1.807) is 0 Å². The van der Waals surface area contributed by atoms with Gasteiger partial charge in [0.2, 0.25) is 0 Å². The van der Waals surface area contributed by atoms with Crippen LogP contribution in [-0.4, -0.2) is 23.8 Å². The molecule has 0 amide bonds. The molecule has 2 rings (SSSR count). The fourth-order valence-electron chi connectivity index (χ4n) is 2.51. The summed E-state index contributed by atoms with van der Waals surface area (Å²) >= 11 is 0. The molecular formula is C18H28N2O. The molecule has 0 aliphatic heterocycles. The number of nitrogens with two attached hydrogens (primary N) is 1. The number of rotatable bonds is 9. The standard InChI is InChI=1S/C18H28N2O/c1-3-5-11-21-12-10-20-9-8-16-7-6-15(14-18(16)20)13-17(19)4-2/h6-9,14,17H,3-5,10-13,19H2,1-2H3. The fourth-order valence-corrected chi connectivity index (χ4v) is 2.51. The monoisotopic (exact) mass is 288 g/mol. The van der Waals surface area contributed by atoms with Crippen LogP contribution in [0.15, 0.2) is 30.5 Å². The number of hydrogen-bond acceptors (Lipinski definition) is 2. The summed E-state index contributed by atoms with van der Waals surface area (Å²) in [6.07, 6.45) is 6.45. The van der Waals surface area contributed by atoms with Crippen LogP contribution in [0.1, 0.15) is 38.7 Å². The average Bonchev–Trinajstić information content (AvgIpc) is 2.89. The Balaban J connectivity index is 2.01. The second-order valence-corrected chi connectivity index (χ2v) is 5.74. The lowest BCUT2D eigenvalue weighted by atomic mass is 10.0. The van der Waals surface area contributed by atoms with Gasteiger partial charge in [-0.05, 0) is 42.3 Å². The Morgan fingerprint density at radius 1 is 1.19 bits per heavy atom. The lowest BCUT2D eigenvalue weighted by molar-refractivity contribution is 0.124. The minimum Gasteiger partial charge on any atom is -0.380 e. The molecule has 0 bridgehead atoms. The molecule has 116 valence electrons. The van der Waals surface area contributed by atoms with Gasteiger partial charge in [-0.1, -0.05) is 32.4 Å². The molecule has 21 heavy (non-hydrogen) atoms. The molecule has 3 heteroatoms. The van der Waals surface area contributed by atoms with E-state index in [1.165, 1.54) is 22.9 Å². The zero-order valence-electron chi connectivity index (χ0n) is 13.3. The van der Waals surface area contributed by atoms with Gasteiger partial charge in [0.15, 0.2) is 0 Å².